The molecule has 0 atom stereocenters. The van der Waals surface area contributed by atoms with Crippen molar-refractivity contribution in [3.05, 3.63) is 49.5 Å². The summed E-state index contributed by atoms with van der Waals surface area (Å²) < 4.78 is 1.87. The summed E-state index contributed by atoms with van der Waals surface area (Å²) in [5.74, 6) is 0.100. The molecule has 138 valence electrons. The number of aromatic nitrogens is 2. The third-order valence-electron chi connectivity index (χ3n) is 4.32. The summed E-state index contributed by atoms with van der Waals surface area (Å²) in [6.07, 6.45) is 1.55. The number of hydrogen-bond donors (Lipinski definition) is 1. The summed E-state index contributed by atoms with van der Waals surface area (Å²) in [5.41, 5.74) is 0.714. The Kier molecular flexibility index (Phi) is 5.23. The predicted molar refractivity (Wildman–Crippen MR) is 103 cm³/mol. The largest absolute Gasteiger partial charge is 0.363 e. The fourth-order valence-corrected chi connectivity index (χ4v) is 3.33. The number of nitrogens with one attached hydrogen (secondary N) is 1. The number of halogens is 1. The van der Waals surface area contributed by atoms with E-state index in [0.717, 1.165) is 26.2 Å². The highest BCUT2D eigenvalue weighted by molar-refractivity contribution is 9.10. The molecule has 0 unspecified atom stereocenters. The summed E-state index contributed by atoms with van der Waals surface area (Å²) in [7, 11) is 3.64. The third-order valence-corrected chi connectivity index (χ3v) is 4.70. The van der Waals surface area contributed by atoms with Gasteiger partial charge in [0.15, 0.2) is 5.82 Å². The van der Waals surface area contributed by atoms with Crippen LogP contribution in [0.1, 0.15) is 0 Å². The van der Waals surface area contributed by atoms with E-state index in [0.29, 0.717) is 16.0 Å². The van der Waals surface area contributed by atoms with Crippen molar-refractivity contribution in [2.75, 3.05) is 43.4 Å². The molecule has 3 rings (SSSR count). The lowest BCUT2D eigenvalue weighted by atomic mass is 10.2. The lowest BCUT2D eigenvalue weighted by molar-refractivity contribution is -0.384. The first-order valence-electron chi connectivity index (χ1n) is 8.07. The molecule has 0 radical (unpaired) electrons. The number of nitrogens with zero attached hydrogens (tertiary/aromatic N) is 5. The van der Waals surface area contributed by atoms with Crippen molar-refractivity contribution in [1.82, 2.24) is 14.5 Å². The lowest BCUT2D eigenvalue weighted by Gasteiger charge is -2.33. The first kappa shape index (κ1) is 18.3. The Morgan fingerprint density at radius 2 is 1.92 bits per heavy atom. The van der Waals surface area contributed by atoms with E-state index in [2.05, 4.69) is 31.1 Å². The molecule has 1 saturated heterocycles. The van der Waals surface area contributed by atoms with Gasteiger partial charge in [-0.15, -0.1) is 0 Å². The third kappa shape index (κ3) is 3.86. The van der Waals surface area contributed by atoms with E-state index in [-0.39, 0.29) is 17.1 Å². The molecule has 2 aromatic rings. The Hall–Kier alpha value is -2.46. The first-order chi connectivity index (χ1) is 12.3. The monoisotopic (exact) mass is 422 g/mol. The molecule has 1 aliphatic heterocycles. The van der Waals surface area contributed by atoms with Crippen molar-refractivity contribution >= 4 is 38.8 Å². The van der Waals surface area contributed by atoms with Crippen molar-refractivity contribution in [1.29, 1.82) is 0 Å². The number of benzene rings is 1. The number of likely N-dealkylation sites (N-methyl/N-ethyl adjacent to an activating group) is 1. The van der Waals surface area contributed by atoms with E-state index < -0.39 is 4.92 Å². The van der Waals surface area contributed by atoms with Crippen LogP contribution in [0.2, 0.25) is 0 Å². The zero-order valence-electron chi connectivity index (χ0n) is 14.5. The molecule has 1 aromatic heterocycles. The molecular weight excluding hydrogens is 404 g/mol. The van der Waals surface area contributed by atoms with E-state index in [9.17, 15) is 14.9 Å². The molecule has 0 amide bonds. The van der Waals surface area contributed by atoms with Crippen LogP contribution < -0.4 is 15.8 Å². The van der Waals surface area contributed by atoms with Gasteiger partial charge in [0.1, 0.15) is 10.3 Å². The fraction of sp³-hybridized carbons (Fsp3) is 0.375. The molecule has 10 heteroatoms. The van der Waals surface area contributed by atoms with E-state index in [4.69, 9.17) is 0 Å². The Balaban J connectivity index is 1.92. The van der Waals surface area contributed by atoms with Gasteiger partial charge in [-0.25, -0.2) is 4.98 Å². The molecule has 1 fully saturated rings. The highest BCUT2D eigenvalue weighted by Gasteiger charge is 2.23. The van der Waals surface area contributed by atoms with Crippen molar-refractivity contribution in [3.8, 4) is 0 Å². The van der Waals surface area contributed by atoms with Crippen molar-refractivity contribution < 1.29 is 4.92 Å². The Bertz CT molecular complexity index is 892. The molecule has 1 aromatic carbocycles. The summed E-state index contributed by atoms with van der Waals surface area (Å²) in [6, 6.07) is 4.88. The first-order valence-corrected chi connectivity index (χ1v) is 8.86. The molecule has 0 aliphatic carbocycles. The van der Waals surface area contributed by atoms with Crippen LogP contribution in [0.25, 0.3) is 0 Å². The van der Waals surface area contributed by atoms with Gasteiger partial charge >= 0.3 is 0 Å². The van der Waals surface area contributed by atoms with Crippen molar-refractivity contribution in [3.63, 3.8) is 0 Å². The smallest absolute Gasteiger partial charge is 0.294 e. The van der Waals surface area contributed by atoms with Crippen molar-refractivity contribution in [2.24, 2.45) is 7.05 Å². The number of anilines is 3. The van der Waals surface area contributed by atoms with Gasteiger partial charge in [-0.05, 0) is 35.1 Å². The minimum atomic E-state index is -0.398. The van der Waals surface area contributed by atoms with Gasteiger partial charge in [-0.1, -0.05) is 0 Å². The van der Waals surface area contributed by atoms with Crippen LogP contribution in [0.15, 0.2) is 33.8 Å². The van der Waals surface area contributed by atoms with Crippen LogP contribution in [0.5, 0.6) is 0 Å². The second kappa shape index (κ2) is 7.42. The SMILES string of the molecule is CN1CCN(c2ccc(Nc3nc(Br)cn(C)c3=O)cc2[N+](=O)[O-])CC1. The molecule has 0 spiro atoms. The van der Waals surface area contributed by atoms with Crippen LogP contribution in [0.4, 0.5) is 22.9 Å². The van der Waals surface area contributed by atoms with Crippen molar-refractivity contribution in [2.45, 2.75) is 0 Å². The van der Waals surface area contributed by atoms with Gasteiger partial charge in [-0.3, -0.25) is 14.9 Å². The minimum Gasteiger partial charge on any atom is -0.363 e. The van der Waals surface area contributed by atoms with Gasteiger partial charge < -0.3 is 19.7 Å². The van der Waals surface area contributed by atoms with Crippen LogP contribution in [0, 0.1) is 10.1 Å². The molecule has 0 bridgehead atoms. The molecule has 1 N–H and O–H groups in total. The van der Waals surface area contributed by atoms with E-state index in [1.54, 1.807) is 25.4 Å². The lowest BCUT2D eigenvalue weighted by Crippen LogP contribution is -2.44. The molecule has 26 heavy (non-hydrogen) atoms. The second-order valence-electron chi connectivity index (χ2n) is 6.20. The molecule has 0 saturated carbocycles. The van der Waals surface area contributed by atoms with Gasteiger partial charge in [-0.2, -0.15) is 0 Å². The van der Waals surface area contributed by atoms with Gasteiger partial charge in [0, 0.05) is 51.2 Å². The number of rotatable bonds is 4. The number of aryl methyl sites for hydroxylation is 1. The zero-order valence-corrected chi connectivity index (χ0v) is 16.1. The summed E-state index contributed by atoms with van der Waals surface area (Å²) in [4.78, 5) is 31.6. The maximum atomic E-state index is 12.2. The number of nitro benzene ring substituents is 1. The average Bonchev–Trinajstić information content (AvgIpc) is 2.60. The summed E-state index contributed by atoms with van der Waals surface area (Å²) in [6.45, 7) is 3.18. The number of hydrogen-bond acceptors (Lipinski definition) is 7. The van der Waals surface area contributed by atoms with E-state index >= 15 is 0 Å². The van der Waals surface area contributed by atoms with Crippen LogP contribution in [-0.2, 0) is 7.05 Å². The van der Waals surface area contributed by atoms with Crippen LogP contribution in [0.3, 0.4) is 0 Å². The Morgan fingerprint density at radius 3 is 2.58 bits per heavy atom. The number of piperazine rings is 1. The summed E-state index contributed by atoms with van der Waals surface area (Å²) >= 11 is 3.24. The van der Waals surface area contributed by atoms with Gasteiger partial charge in [0.05, 0.1) is 4.92 Å². The molecule has 2 heterocycles. The molecule has 9 nitrogen and oxygen atoms in total. The van der Waals surface area contributed by atoms with E-state index in [1.165, 1.54) is 10.6 Å². The minimum absolute atomic E-state index is 0.00590. The normalized spacial score (nSPS) is 15.1. The van der Waals surface area contributed by atoms with E-state index in [1.807, 2.05) is 11.9 Å². The van der Waals surface area contributed by atoms with Crippen LogP contribution >= 0.6 is 15.9 Å². The quantitative estimate of drug-likeness (QED) is 0.593. The maximum Gasteiger partial charge on any atom is 0.294 e. The Morgan fingerprint density at radius 1 is 1.23 bits per heavy atom. The standard InChI is InChI=1S/C16H19BrN6O3/c1-20-5-7-22(8-6-20)12-4-3-11(9-13(12)23(25)26)18-15-16(24)21(2)10-14(17)19-15/h3-4,9-10H,5-8H2,1-2H3,(H,18,19). The topological polar surface area (TPSA) is 96.5 Å². The molecule has 1 aliphatic rings. The average molecular weight is 423 g/mol. The fourth-order valence-electron chi connectivity index (χ4n) is 2.85. The summed E-state index contributed by atoms with van der Waals surface area (Å²) in [5, 5.41) is 14.4. The Labute approximate surface area is 158 Å². The van der Waals surface area contributed by atoms with Gasteiger partial charge in [0.25, 0.3) is 11.2 Å². The highest BCUT2D eigenvalue weighted by Crippen LogP contribution is 2.32. The highest BCUT2D eigenvalue weighted by atomic mass is 79.9. The molecular formula is C16H19BrN6O3. The maximum absolute atomic E-state index is 12.2. The zero-order chi connectivity index (χ0) is 18.8. The van der Waals surface area contributed by atoms with Crippen LogP contribution in [-0.4, -0.2) is 52.6 Å². The second-order valence-corrected chi connectivity index (χ2v) is 7.02. The predicted octanol–water partition coefficient (Wildman–Crippen LogP) is 1.95. The number of nitro groups is 1. The van der Waals surface area contributed by atoms with Gasteiger partial charge in [0.2, 0.25) is 0 Å².